The molecule has 0 aromatic heterocycles. The Hall–Kier alpha value is -2.44. The fourth-order valence-corrected chi connectivity index (χ4v) is 3.42. The molecule has 0 radical (unpaired) electrons. The summed E-state index contributed by atoms with van der Waals surface area (Å²) >= 11 is 0. The molecule has 1 aliphatic rings. The molecule has 1 fully saturated rings. The lowest BCUT2D eigenvalue weighted by Crippen LogP contribution is -2.50. The van der Waals surface area contributed by atoms with Crippen molar-refractivity contribution in [3.05, 3.63) is 71.5 Å². The van der Waals surface area contributed by atoms with Gasteiger partial charge in [-0.1, -0.05) is 42.5 Å². The van der Waals surface area contributed by atoms with Crippen LogP contribution in [-0.2, 0) is 6.54 Å². The molecular weight excluding hydrogens is 345 g/mol. The van der Waals surface area contributed by atoms with Gasteiger partial charge in [0.2, 0.25) is 0 Å². The Balaban J connectivity index is 1.43. The highest BCUT2D eigenvalue weighted by Gasteiger charge is 2.21. The molecule has 27 heavy (non-hydrogen) atoms. The lowest BCUT2D eigenvalue weighted by atomic mass is 10.0. The number of benzene rings is 2. The normalized spacial score (nSPS) is 18.7. The first kappa shape index (κ1) is 19.3. The Kier molecular flexibility index (Phi) is 6.79. The predicted molar refractivity (Wildman–Crippen MR) is 103 cm³/mol. The number of amides is 2. The number of aliphatic hydroxyl groups excluding tert-OH is 1. The standard InChI is InChI=1S/C21H26FN3O2/c22-18-9-4-8-17(12-18)20(26)13-23-21(27)24-19-10-5-11-25(15-19)14-16-6-2-1-3-7-16/h1-4,6-9,12,19-20,26H,5,10-11,13-15H2,(H2,23,24,27). The lowest BCUT2D eigenvalue weighted by Gasteiger charge is -2.33. The van der Waals surface area contributed by atoms with Gasteiger partial charge in [0.1, 0.15) is 5.82 Å². The molecule has 2 unspecified atom stereocenters. The number of halogens is 1. The molecule has 6 heteroatoms. The van der Waals surface area contributed by atoms with Crippen molar-refractivity contribution < 1.29 is 14.3 Å². The second kappa shape index (κ2) is 9.48. The number of hydrogen-bond donors (Lipinski definition) is 3. The first-order valence-electron chi connectivity index (χ1n) is 9.34. The number of urea groups is 1. The van der Waals surface area contributed by atoms with Gasteiger partial charge >= 0.3 is 6.03 Å². The highest BCUT2D eigenvalue weighted by Crippen LogP contribution is 2.15. The van der Waals surface area contributed by atoms with Crippen molar-refractivity contribution in [1.82, 2.24) is 15.5 Å². The van der Waals surface area contributed by atoms with Crippen LogP contribution in [0.4, 0.5) is 9.18 Å². The fourth-order valence-electron chi connectivity index (χ4n) is 3.42. The third-order valence-electron chi connectivity index (χ3n) is 4.78. The molecule has 0 spiro atoms. The maximum Gasteiger partial charge on any atom is 0.315 e. The van der Waals surface area contributed by atoms with Crippen LogP contribution in [0.2, 0.25) is 0 Å². The fraction of sp³-hybridized carbons (Fsp3) is 0.381. The third-order valence-corrected chi connectivity index (χ3v) is 4.78. The number of rotatable bonds is 6. The number of carbonyl (C=O) groups is 1. The Morgan fingerprint density at radius 3 is 2.81 bits per heavy atom. The van der Waals surface area contributed by atoms with E-state index in [1.165, 1.54) is 23.8 Å². The van der Waals surface area contributed by atoms with Crippen LogP contribution in [0.15, 0.2) is 54.6 Å². The van der Waals surface area contributed by atoms with E-state index in [2.05, 4.69) is 27.7 Å². The summed E-state index contributed by atoms with van der Waals surface area (Å²) in [4.78, 5) is 14.5. The molecular formula is C21H26FN3O2. The SMILES string of the molecule is O=C(NCC(O)c1cccc(F)c1)NC1CCCN(Cc2ccccc2)C1. The molecule has 2 amide bonds. The van der Waals surface area contributed by atoms with Gasteiger partial charge in [-0.05, 0) is 42.6 Å². The summed E-state index contributed by atoms with van der Waals surface area (Å²) in [5.74, 6) is -0.406. The third kappa shape index (κ3) is 6.05. The molecule has 2 aromatic rings. The largest absolute Gasteiger partial charge is 0.387 e. The number of hydrogen-bond acceptors (Lipinski definition) is 3. The van der Waals surface area contributed by atoms with Crippen molar-refractivity contribution in [3.63, 3.8) is 0 Å². The zero-order valence-corrected chi connectivity index (χ0v) is 15.3. The van der Waals surface area contributed by atoms with E-state index in [9.17, 15) is 14.3 Å². The van der Waals surface area contributed by atoms with Gasteiger partial charge in [-0.2, -0.15) is 0 Å². The van der Waals surface area contributed by atoms with E-state index in [-0.39, 0.29) is 18.6 Å². The molecule has 5 nitrogen and oxygen atoms in total. The van der Waals surface area contributed by atoms with Crippen molar-refractivity contribution in [2.75, 3.05) is 19.6 Å². The Morgan fingerprint density at radius 1 is 1.22 bits per heavy atom. The van der Waals surface area contributed by atoms with Gasteiger partial charge in [-0.3, -0.25) is 4.90 Å². The number of piperidine rings is 1. The van der Waals surface area contributed by atoms with Crippen LogP contribution in [-0.4, -0.2) is 41.7 Å². The van der Waals surface area contributed by atoms with Crippen LogP contribution in [0.1, 0.15) is 30.1 Å². The van der Waals surface area contributed by atoms with E-state index in [1.54, 1.807) is 6.07 Å². The second-order valence-electron chi connectivity index (χ2n) is 6.99. The Labute approximate surface area is 159 Å². The van der Waals surface area contributed by atoms with E-state index in [0.717, 1.165) is 32.5 Å². The number of nitrogens with one attached hydrogen (secondary N) is 2. The molecule has 1 heterocycles. The quantitative estimate of drug-likeness (QED) is 0.732. The maximum atomic E-state index is 13.2. The Bertz CT molecular complexity index is 741. The zero-order valence-electron chi connectivity index (χ0n) is 15.3. The predicted octanol–water partition coefficient (Wildman–Crippen LogP) is 2.82. The smallest absolute Gasteiger partial charge is 0.315 e. The van der Waals surface area contributed by atoms with Crippen molar-refractivity contribution in [3.8, 4) is 0 Å². The molecule has 144 valence electrons. The first-order chi connectivity index (χ1) is 13.1. The van der Waals surface area contributed by atoms with Crippen LogP contribution in [0.5, 0.6) is 0 Å². The van der Waals surface area contributed by atoms with Gasteiger partial charge in [-0.15, -0.1) is 0 Å². The minimum atomic E-state index is -0.938. The van der Waals surface area contributed by atoms with Crippen molar-refractivity contribution in [2.24, 2.45) is 0 Å². The average Bonchev–Trinajstić information content (AvgIpc) is 2.67. The minimum absolute atomic E-state index is 0.0374. The van der Waals surface area contributed by atoms with Crippen molar-refractivity contribution in [2.45, 2.75) is 31.5 Å². The molecule has 0 aliphatic carbocycles. The number of nitrogens with zero attached hydrogens (tertiary/aromatic N) is 1. The van der Waals surface area contributed by atoms with Gasteiger partial charge in [-0.25, -0.2) is 9.18 Å². The molecule has 3 N–H and O–H groups in total. The molecule has 0 bridgehead atoms. The zero-order chi connectivity index (χ0) is 19.1. The lowest BCUT2D eigenvalue weighted by molar-refractivity contribution is 0.164. The van der Waals surface area contributed by atoms with E-state index >= 15 is 0 Å². The van der Waals surface area contributed by atoms with E-state index < -0.39 is 11.9 Å². The van der Waals surface area contributed by atoms with Crippen LogP contribution in [0.3, 0.4) is 0 Å². The van der Waals surface area contributed by atoms with Crippen molar-refractivity contribution in [1.29, 1.82) is 0 Å². The van der Waals surface area contributed by atoms with Gasteiger partial charge < -0.3 is 15.7 Å². The Morgan fingerprint density at radius 2 is 2.04 bits per heavy atom. The van der Waals surface area contributed by atoms with Crippen LogP contribution in [0.25, 0.3) is 0 Å². The summed E-state index contributed by atoms with van der Waals surface area (Å²) in [6.45, 7) is 2.73. The summed E-state index contributed by atoms with van der Waals surface area (Å²) in [5, 5.41) is 15.7. The second-order valence-corrected chi connectivity index (χ2v) is 6.99. The van der Waals surface area contributed by atoms with Gasteiger partial charge in [0.25, 0.3) is 0 Å². The summed E-state index contributed by atoms with van der Waals surface area (Å²) < 4.78 is 13.2. The highest BCUT2D eigenvalue weighted by molar-refractivity contribution is 5.74. The van der Waals surface area contributed by atoms with Gasteiger partial charge in [0, 0.05) is 25.7 Å². The van der Waals surface area contributed by atoms with Gasteiger partial charge in [0.05, 0.1) is 6.10 Å². The molecule has 1 saturated heterocycles. The van der Waals surface area contributed by atoms with Crippen LogP contribution >= 0.6 is 0 Å². The molecule has 2 atom stereocenters. The maximum absolute atomic E-state index is 13.2. The minimum Gasteiger partial charge on any atom is -0.387 e. The highest BCUT2D eigenvalue weighted by atomic mass is 19.1. The molecule has 1 aliphatic heterocycles. The summed E-state index contributed by atoms with van der Waals surface area (Å²) in [5.41, 5.74) is 1.71. The monoisotopic (exact) mass is 371 g/mol. The molecule has 3 rings (SSSR count). The van der Waals surface area contributed by atoms with Gasteiger partial charge in [0.15, 0.2) is 0 Å². The van der Waals surface area contributed by atoms with Crippen LogP contribution in [0, 0.1) is 5.82 Å². The topological polar surface area (TPSA) is 64.6 Å². The summed E-state index contributed by atoms with van der Waals surface area (Å²) in [6, 6.07) is 15.8. The first-order valence-corrected chi connectivity index (χ1v) is 9.34. The van der Waals surface area contributed by atoms with E-state index in [0.29, 0.717) is 5.56 Å². The number of aliphatic hydroxyl groups is 1. The molecule has 0 saturated carbocycles. The number of likely N-dealkylation sites (tertiary alicyclic amines) is 1. The summed E-state index contributed by atoms with van der Waals surface area (Å²) in [7, 11) is 0. The average molecular weight is 371 g/mol. The van der Waals surface area contributed by atoms with Crippen LogP contribution < -0.4 is 10.6 Å². The summed E-state index contributed by atoms with van der Waals surface area (Å²) in [6.07, 6.45) is 1.03. The molecule has 2 aromatic carbocycles. The van der Waals surface area contributed by atoms with Crippen molar-refractivity contribution >= 4 is 6.03 Å². The van der Waals surface area contributed by atoms with E-state index in [4.69, 9.17) is 0 Å². The number of carbonyl (C=O) groups excluding carboxylic acids is 1. The van der Waals surface area contributed by atoms with E-state index in [1.807, 2.05) is 18.2 Å².